The van der Waals surface area contributed by atoms with Crippen molar-refractivity contribution in [3.8, 4) is 0 Å². The molecule has 3 aliphatic rings. The van der Waals surface area contributed by atoms with E-state index in [0.717, 1.165) is 49.4 Å². The summed E-state index contributed by atoms with van der Waals surface area (Å²) in [4.78, 5) is 35.2. The van der Waals surface area contributed by atoms with Crippen molar-refractivity contribution in [3.63, 3.8) is 0 Å². The molecule has 3 heterocycles. The van der Waals surface area contributed by atoms with Gasteiger partial charge < -0.3 is 19.9 Å². The summed E-state index contributed by atoms with van der Waals surface area (Å²) in [5, 5.41) is 3.13. The van der Waals surface area contributed by atoms with Crippen LogP contribution in [0.25, 0.3) is 0 Å². The summed E-state index contributed by atoms with van der Waals surface area (Å²) in [6.07, 6.45) is 2.44. The number of urea groups is 1. The predicted octanol–water partition coefficient (Wildman–Crippen LogP) is 3.23. The van der Waals surface area contributed by atoms with Crippen molar-refractivity contribution in [2.24, 2.45) is 5.92 Å². The minimum absolute atomic E-state index is 0.0184. The van der Waals surface area contributed by atoms with Crippen molar-refractivity contribution in [2.75, 3.05) is 48.4 Å². The number of sulfonamides is 1. The Morgan fingerprint density at radius 3 is 2.59 bits per heavy atom. The largest absolute Gasteiger partial charge is 0.450 e. The fraction of sp³-hybridized carbons (Fsp3) is 0.542. The molecule has 3 fully saturated rings. The van der Waals surface area contributed by atoms with Crippen LogP contribution in [0, 0.1) is 12.8 Å². The fourth-order valence-corrected chi connectivity index (χ4v) is 7.56. The van der Waals surface area contributed by atoms with E-state index in [9.17, 15) is 18.0 Å². The van der Waals surface area contributed by atoms with Gasteiger partial charge in [0.25, 0.3) is 10.0 Å². The number of aryl methyl sites for hydroxylation is 1. The van der Waals surface area contributed by atoms with E-state index in [1.165, 1.54) is 4.90 Å². The topological polar surface area (TPSA) is 124 Å². The first-order chi connectivity index (χ1) is 17.7. The highest BCUT2D eigenvalue weighted by atomic mass is 32.2. The lowest BCUT2D eigenvalue weighted by Gasteiger charge is -2.27. The van der Waals surface area contributed by atoms with Crippen LogP contribution in [0.3, 0.4) is 0 Å². The Hall–Kier alpha value is -2.90. The standard InChI is InChI=1S/C24H32N6O5S2/c1-4-35-24(32)29-13-16-11-12-30(20(16)14-29)19-9-7-17(8-10-19)25-22(31)28(3)23-26-21(15(2)36-23)37(33,34)27-18-5-6-18/h7-10,16,18,20,27H,4-6,11-14H2,1-3H3,(H,25,31). The monoisotopic (exact) mass is 548 g/mol. The molecule has 0 spiro atoms. The van der Waals surface area contributed by atoms with E-state index in [4.69, 9.17) is 4.74 Å². The Kier molecular flexibility index (Phi) is 7.03. The molecule has 11 nitrogen and oxygen atoms in total. The van der Waals surface area contributed by atoms with Crippen LogP contribution in [0.5, 0.6) is 0 Å². The molecule has 0 radical (unpaired) electrons. The molecule has 2 atom stereocenters. The Bertz CT molecular complexity index is 1280. The number of rotatable bonds is 7. The third kappa shape index (κ3) is 5.39. The molecule has 1 aromatic heterocycles. The van der Waals surface area contributed by atoms with Crippen LogP contribution in [0.1, 0.15) is 31.1 Å². The summed E-state index contributed by atoms with van der Waals surface area (Å²) in [5.74, 6) is 0.423. The summed E-state index contributed by atoms with van der Waals surface area (Å²) in [5.41, 5.74) is 1.66. The van der Waals surface area contributed by atoms with Gasteiger partial charge in [0.15, 0.2) is 10.2 Å². The highest BCUT2D eigenvalue weighted by molar-refractivity contribution is 7.89. The first-order valence-corrected chi connectivity index (χ1v) is 14.8. The number of nitrogens with zero attached hydrogens (tertiary/aromatic N) is 4. The van der Waals surface area contributed by atoms with Crippen LogP contribution in [0.15, 0.2) is 29.3 Å². The molecule has 1 saturated carbocycles. The van der Waals surface area contributed by atoms with Crippen molar-refractivity contribution >= 4 is 50.0 Å². The highest BCUT2D eigenvalue weighted by Gasteiger charge is 2.43. The van der Waals surface area contributed by atoms with Crippen molar-refractivity contribution < 1.29 is 22.7 Å². The van der Waals surface area contributed by atoms with Crippen LogP contribution in [-0.2, 0) is 14.8 Å². The molecule has 2 N–H and O–H groups in total. The number of hydrogen-bond donors (Lipinski definition) is 2. The molecule has 1 aromatic carbocycles. The number of carbonyl (C=O) groups excluding carboxylic acids is 2. The maximum Gasteiger partial charge on any atom is 0.409 e. The van der Waals surface area contributed by atoms with E-state index in [1.54, 1.807) is 18.9 Å². The van der Waals surface area contributed by atoms with Crippen molar-refractivity contribution in [1.29, 1.82) is 0 Å². The zero-order chi connectivity index (χ0) is 26.3. The quantitative estimate of drug-likeness (QED) is 0.544. The molecule has 1 aliphatic carbocycles. The van der Waals surface area contributed by atoms with Crippen LogP contribution < -0.4 is 19.8 Å². The minimum Gasteiger partial charge on any atom is -0.450 e. The molecule has 0 bridgehead atoms. The first kappa shape index (κ1) is 25.7. The van der Waals surface area contributed by atoms with Crippen molar-refractivity contribution in [3.05, 3.63) is 29.1 Å². The maximum absolute atomic E-state index is 12.9. The SMILES string of the molecule is CCOC(=O)N1CC2CCN(c3ccc(NC(=O)N(C)c4nc(S(=O)(=O)NC5CC5)c(C)s4)cc3)C2C1. The number of thiazole rings is 1. The molecule has 2 aromatic rings. The third-order valence-corrected chi connectivity index (χ3v) is 9.74. The zero-order valence-corrected chi connectivity index (χ0v) is 22.8. The van der Waals surface area contributed by atoms with Crippen LogP contribution >= 0.6 is 11.3 Å². The maximum atomic E-state index is 12.9. The van der Waals surface area contributed by atoms with Crippen LogP contribution in [0.4, 0.5) is 26.1 Å². The average Bonchev–Trinajstić information content (AvgIpc) is 3.24. The van der Waals surface area contributed by atoms with Gasteiger partial charge in [0.05, 0.1) is 12.6 Å². The summed E-state index contributed by atoms with van der Waals surface area (Å²) in [6.45, 7) is 6.16. The molecule has 5 rings (SSSR count). The Morgan fingerprint density at radius 1 is 1.19 bits per heavy atom. The van der Waals surface area contributed by atoms with Gasteiger partial charge in [-0.1, -0.05) is 0 Å². The number of amides is 3. The molecule has 2 unspecified atom stereocenters. The van der Waals surface area contributed by atoms with Gasteiger partial charge in [-0.25, -0.2) is 27.7 Å². The zero-order valence-electron chi connectivity index (χ0n) is 21.1. The Labute approximate surface area is 220 Å². The van der Waals surface area contributed by atoms with E-state index in [2.05, 4.69) is 19.9 Å². The second-order valence-corrected chi connectivity index (χ2v) is 12.5. The Morgan fingerprint density at radius 2 is 1.92 bits per heavy atom. The number of benzene rings is 1. The van der Waals surface area contributed by atoms with Gasteiger partial charge in [-0.15, -0.1) is 11.3 Å². The van der Waals surface area contributed by atoms with E-state index in [-0.39, 0.29) is 23.2 Å². The predicted molar refractivity (Wildman–Crippen MR) is 142 cm³/mol. The third-order valence-electron chi connectivity index (χ3n) is 7.01. The van der Waals surface area contributed by atoms with Gasteiger partial charge in [0, 0.05) is 54.9 Å². The number of aromatic nitrogens is 1. The number of fused-ring (bicyclic) bond motifs is 1. The lowest BCUT2D eigenvalue weighted by atomic mass is 10.0. The van der Waals surface area contributed by atoms with Crippen LogP contribution in [0.2, 0.25) is 0 Å². The molecular formula is C24H32N6O5S2. The summed E-state index contributed by atoms with van der Waals surface area (Å²) in [7, 11) is -2.14. The Balaban J connectivity index is 1.21. The molecule has 37 heavy (non-hydrogen) atoms. The van der Waals surface area contributed by atoms with Crippen molar-refractivity contribution in [1.82, 2.24) is 14.6 Å². The first-order valence-electron chi connectivity index (χ1n) is 12.5. The number of hydrogen-bond acceptors (Lipinski definition) is 8. The number of ether oxygens (including phenoxy) is 1. The molecule has 2 saturated heterocycles. The summed E-state index contributed by atoms with van der Waals surface area (Å²) in [6, 6.07) is 7.44. The summed E-state index contributed by atoms with van der Waals surface area (Å²) < 4.78 is 32.9. The number of carbonyl (C=O) groups is 2. The second-order valence-electron chi connectivity index (χ2n) is 9.70. The molecule has 2 aliphatic heterocycles. The number of likely N-dealkylation sites (tertiary alicyclic amines) is 1. The second kappa shape index (κ2) is 10.1. The van der Waals surface area contributed by atoms with E-state index in [0.29, 0.717) is 34.8 Å². The summed E-state index contributed by atoms with van der Waals surface area (Å²) >= 11 is 1.16. The van der Waals surface area contributed by atoms with E-state index >= 15 is 0 Å². The minimum atomic E-state index is -3.70. The molecular weight excluding hydrogens is 516 g/mol. The lowest BCUT2D eigenvalue weighted by molar-refractivity contribution is 0.113. The molecule has 200 valence electrons. The van der Waals surface area contributed by atoms with Gasteiger partial charge in [0.2, 0.25) is 0 Å². The van der Waals surface area contributed by atoms with Gasteiger partial charge in [0.1, 0.15) is 0 Å². The molecule has 13 heteroatoms. The van der Waals surface area contributed by atoms with Crippen molar-refractivity contribution in [2.45, 2.75) is 50.2 Å². The van der Waals surface area contributed by atoms with Gasteiger partial charge in [-0.2, -0.15) is 0 Å². The van der Waals surface area contributed by atoms with Gasteiger partial charge >= 0.3 is 12.1 Å². The van der Waals surface area contributed by atoms with Gasteiger partial charge in [-0.05, 0) is 57.4 Å². The lowest BCUT2D eigenvalue weighted by Crippen LogP contribution is -2.37. The normalized spacial score (nSPS) is 21.2. The average molecular weight is 549 g/mol. The van der Waals surface area contributed by atoms with E-state index < -0.39 is 16.1 Å². The molecule has 3 amide bonds. The van der Waals surface area contributed by atoms with Gasteiger partial charge in [-0.3, -0.25) is 4.90 Å². The number of nitrogens with one attached hydrogen (secondary N) is 2. The highest BCUT2D eigenvalue weighted by Crippen LogP contribution is 2.36. The van der Waals surface area contributed by atoms with E-state index in [1.807, 2.05) is 31.2 Å². The van der Waals surface area contributed by atoms with Crippen LogP contribution in [-0.4, -0.2) is 75.8 Å². The fourth-order valence-electron chi connectivity index (χ4n) is 4.91. The smallest absolute Gasteiger partial charge is 0.409 e. The number of anilines is 3.